The Hall–Kier alpha value is -2.37. The van der Waals surface area contributed by atoms with Crippen LogP contribution < -0.4 is 15.4 Å². The molecule has 0 aliphatic rings. The van der Waals surface area contributed by atoms with E-state index in [0.717, 1.165) is 30.0 Å². The Morgan fingerprint density at radius 2 is 2.15 bits per heavy atom. The van der Waals surface area contributed by atoms with Crippen LogP contribution in [0.1, 0.15) is 18.9 Å². The average Bonchev–Trinajstić information content (AvgIpc) is 2.46. The Labute approximate surface area is 118 Å². The molecule has 0 fully saturated rings. The summed E-state index contributed by atoms with van der Waals surface area (Å²) in [6.45, 7) is 4.93. The van der Waals surface area contributed by atoms with Crippen molar-refractivity contribution in [1.82, 2.24) is 15.2 Å². The molecular formula is C14H19N5O. The molecule has 20 heavy (non-hydrogen) atoms. The molecule has 0 aliphatic heterocycles. The Bertz CT molecular complexity index is 573. The Kier molecular flexibility index (Phi) is 4.70. The number of methoxy groups -OCH3 is 1. The van der Waals surface area contributed by atoms with Crippen LogP contribution in [0.25, 0.3) is 0 Å². The van der Waals surface area contributed by atoms with Gasteiger partial charge in [-0.1, -0.05) is 13.0 Å². The number of nitrogens with one attached hydrogen (secondary N) is 2. The highest BCUT2D eigenvalue weighted by Gasteiger charge is 2.06. The largest absolute Gasteiger partial charge is 0.495 e. The second-order valence-corrected chi connectivity index (χ2v) is 4.42. The van der Waals surface area contributed by atoms with Crippen LogP contribution in [-0.2, 0) is 0 Å². The van der Waals surface area contributed by atoms with Gasteiger partial charge in [-0.25, -0.2) is 0 Å². The molecule has 0 aliphatic carbocycles. The number of benzene rings is 1. The second kappa shape index (κ2) is 6.70. The first-order valence-corrected chi connectivity index (χ1v) is 6.58. The van der Waals surface area contributed by atoms with Gasteiger partial charge < -0.3 is 15.4 Å². The maximum Gasteiger partial charge on any atom is 0.244 e. The normalized spacial score (nSPS) is 10.2. The van der Waals surface area contributed by atoms with Crippen molar-refractivity contribution in [2.24, 2.45) is 0 Å². The highest BCUT2D eigenvalue weighted by molar-refractivity contribution is 5.65. The SMILES string of the molecule is CCCNc1nncc(Nc2cc(C)ccc2OC)n1. The van der Waals surface area contributed by atoms with Gasteiger partial charge in [-0.3, -0.25) is 0 Å². The molecule has 2 rings (SSSR count). The molecule has 6 heteroatoms. The Morgan fingerprint density at radius 3 is 2.90 bits per heavy atom. The van der Waals surface area contributed by atoms with Crippen LogP contribution >= 0.6 is 0 Å². The first-order chi connectivity index (χ1) is 9.72. The van der Waals surface area contributed by atoms with Crippen LogP contribution in [-0.4, -0.2) is 28.8 Å². The van der Waals surface area contributed by atoms with E-state index in [-0.39, 0.29) is 0 Å². The van der Waals surface area contributed by atoms with Crippen LogP contribution in [0.3, 0.4) is 0 Å². The fourth-order valence-corrected chi connectivity index (χ4v) is 1.73. The lowest BCUT2D eigenvalue weighted by Crippen LogP contribution is -2.07. The van der Waals surface area contributed by atoms with Crippen molar-refractivity contribution in [3.8, 4) is 5.75 Å². The number of anilines is 3. The summed E-state index contributed by atoms with van der Waals surface area (Å²) in [6.07, 6.45) is 2.59. The van der Waals surface area contributed by atoms with Gasteiger partial charge >= 0.3 is 0 Å². The molecule has 106 valence electrons. The monoisotopic (exact) mass is 273 g/mol. The summed E-state index contributed by atoms with van der Waals surface area (Å²) < 4.78 is 5.33. The highest BCUT2D eigenvalue weighted by Crippen LogP contribution is 2.27. The van der Waals surface area contributed by atoms with Crippen LogP contribution in [0.2, 0.25) is 0 Å². The summed E-state index contributed by atoms with van der Waals surface area (Å²) in [7, 11) is 1.64. The summed E-state index contributed by atoms with van der Waals surface area (Å²) in [5.41, 5.74) is 1.99. The molecule has 1 aromatic carbocycles. The van der Waals surface area contributed by atoms with E-state index in [0.29, 0.717) is 11.8 Å². The molecule has 1 aromatic heterocycles. The third-order valence-corrected chi connectivity index (χ3v) is 2.71. The molecule has 1 heterocycles. The maximum atomic E-state index is 5.33. The molecule has 2 aromatic rings. The molecule has 0 amide bonds. The number of rotatable bonds is 6. The minimum Gasteiger partial charge on any atom is -0.495 e. The van der Waals surface area contributed by atoms with Gasteiger partial charge in [-0.2, -0.15) is 10.1 Å². The summed E-state index contributed by atoms with van der Waals surface area (Å²) in [5, 5.41) is 14.2. The number of aryl methyl sites for hydroxylation is 1. The van der Waals surface area contributed by atoms with E-state index in [1.807, 2.05) is 25.1 Å². The van der Waals surface area contributed by atoms with Crippen molar-refractivity contribution in [3.63, 3.8) is 0 Å². The Morgan fingerprint density at radius 1 is 1.30 bits per heavy atom. The van der Waals surface area contributed by atoms with Gasteiger partial charge in [0.1, 0.15) is 5.75 Å². The lowest BCUT2D eigenvalue weighted by atomic mass is 10.2. The van der Waals surface area contributed by atoms with Gasteiger partial charge in [-0.05, 0) is 31.0 Å². The fraction of sp³-hybridized carbons (Fsp3) is 0.357. The first kappa shape index (κ1) is 14.0. The molecule has 0 unspecified atom stereocenters. The minimum absolute atomic E-state index is 0.517. The van der Waals surface area contributed by atoms with E-state index >= 15 is 0 Å². The lowest BCUT2D eigenvalue weighted by molar-refractivity contribution is 0.416. The zero-order chi connectivity index (χ0) is 14.4. The average molecular weight is 273 g/mol. The van der Waals surface area contributed by atoms with Gasteiger partial charge in [-0.15, -0.1) is 5.10 Å². The smallest absolute Gasteiger partial charge is 0.244 e. The van der Waals surface area contributed by atoms with Crippen molar-refractivity contribution in [1.29, 1.82) is 0 Å². The molecule has 0 radical (unpaired) electrons. The van der Waals surface area contributed by atoms with Gasteiger partial charge in [0.15, 0.2) is 5.82 Å². The Balaban J connectivity index is 2.19. The van der Waals surface area contributed by atoms with Crippen molar-refractivity contribution in [2.75, 3.05) is 24.3 Å². The van der Waals surface area contributed by atoms with E-state index in [2.05, 4.69) is 32.7 Å². The van der Waals surface area contributed by atoms with Gasteiger partial charge in [0.05, 0.1) is 19.0 Å². The number of hydrogen-bond donors (Lipinski definition) is 2. The van der Waals surface area contributed by atoms with Crippen molar-refractivity contribution >= 4 is 17.5 Å². The predicted octanol–water partition coefficient (Wildman–Crippen LogP) is 2.75. The maximum absolute atomic E-state index is 5.33. The van der Waals surface area contributed by atoms with E-state index < -0.39 is 0 Å². The lowest BCUT2D eigenvalue weighted by Gasteiger charge is -2.11. The van der Waals surface area contributed by atoms with Crippen LogP contribution in [0, 0.1) is 6.92 Å². The van der Waals surface area contributed by atoms with Gasteiger partial charge in [0.25, 0.3) is 0 Å². The molecule has 0 saturated heterocycles. The molecule has 0 saturated carbocycles. The van der Waals surface area contributed by atoms with Crippen LogP contribution in [0.4, 0.5) is 17.5 Å². The van der Waals surface area contributed by atoms with Crippen LogP contribution in [0.5, 0.6) is 5.75 Å². The molecular weight excluding hydrogens is 254 g/mol. The van der Waals surface area contributed by atoms with E-state index in [1.54, 1.807) is 13.3 Å². The number of aromatic nitrogens is 3. The summed E-state index contributed by atoms with van der Waals surface area (Å²) >= 11 is 0. The fourth-order valence-electron chi connectivity index (χ4n) is 1.73. The van der Waals surface area contributed by atoms with Crippen molar-refractivity contribution < 1.29 is 4.74 Å². The molecule has 6 nitrogen and oxygen atoms in total. The van der Waals surface area contributed by atoms with Crippen molar-refractivity contribution in [2.45, 2.75) is 20.3 Å². The predicted molar refractivity (Wildman–Crippen MR) is 79.6 cm³/mol. The number of hydrogen-bond acceptors (Lipinski definition) is 6. The quantitative estimate of drug-likeness (QED) is 0.843. The van der Waals surface area contributed by atoms with E-state index in [1.165, 1.54) is 0 Å². The van der Waals surface area contributed by atoms with Gasteiger partial charge in [0.2, 0.25) is 5.95 Å². The minimum atomic E-state index is 0.517. The zero-order valence-electron chi connectivity index (χ0n) is 12.0. The summed E-state index contributed by atoms with van der Waals surface area (Å²) in [5.74, 6) is 1.91. The zero-order valence-corrected chi connectivity index (χ0v) is 12.0. The second-order valence-electron chi connectivity index (χ2n) is 4.42. The standard InChI is InChI=1S/C14H19N5O/c1-4-7-15-14-18-13(9-16-19-14)17-11-8-10(2)5-6-12(11)20-3/h5-6,8-9H,4,7H2,1-3H3,(H2,15,17,18,19). The number of nitrogens with zero attached hydrogens (tertiary/aromatic N) is 3. The van der Waals surface area contributed by atoms with Crippen LogP contribution in [0.15, 0.2) is 24.4 Å². The van der Waals surface area contributed by atoms with Crippen molar-refractivity contribution in [3.05, 3.63) is 30.0 Å². The molecule has 2 N–H and O–H groups in total. The van der Waals surface area contributed by atoms with Gasteiger partial charge in [0, 0.05) is 6.54 Å². The first-order valence-electron chi connectivity index (χ1n) is 6.58. The molecule has 0 bridgehead atoms. The van der Waals surface area contributed by atoms with E-state index in [4.69, 9.17) is 4.74 Å². The summed E-state index contributed by atoms with van der Waals surface area (Å²) in [6, 6.07) is 5.92. The molecule has 0 atom stereocenters. The third kappa shape index (κ3) is 3.57. The van der Waals surface area contributed by atoms with E-state index in [9.17, 15) is 0 Å². The third-order valence-electron chi connectivity index (χ3n) is 2.71. The number of ether oxygens (including phenoxy) is 1. The topological polar surface area (TPSA) is 72.0 Å². The summed E-state index contributed by atoms with van der Waals surface area (Å²) in [4.78, 5) is 4.36. The molecule has 0 spiro atoms. The highest BCUT2D eigenvalue weighted by atomic mass is 16.5.